The second-order valence-corrected chi connectivity index (χ2v) is 11.2. The topological polar surface area (TPSA) is 46.3 Å². The van der Waals surface area contributed by atoms with Gasteiger partial charge in [0.2, 0.25) is 5.91 Å². The van der Waals surface area contributed by atoms with Crippen molar-refractivity contribution in [3.63, 3.8) is 0 Å². The molecule has 0 aromatic heterocycles. The summed E-state index contributed by atoms with van der Waals surface area (Å²) in [7, 11) is 0. The summed E-state index contributed by atoms with van der Waals surface area (Å²) in [6, 6.07) is 11.2. The van der Waals surface area contributed by atoms with E-state index in [4.69, 9.17) is 17.3 Å². The number of rotatable bonds is 3. The van der Waals surface area contributed by atoms with Crippen LogP contribution in [-0.2, 0) is 10.2 Å². The molecule has 4 saturated carbocycles. The Kier molecular flexibility index (Phi) is 4.21. The molecule has 0 radical (unpaired) electrons. The molecule has 6 rings (SSSR count). The standard InChI is InChI=1S/C24H33ClN2O/c1-22(2)15-27(9-8-19(22)26)21(28)20-16-10-23(17-6-4-3-5-7-17)12-18(20)24(11-16,13-23)14-25/h3-7,16,18-20H,8-15,26H2,1-2H3/t16?,18?,19-,20?,23?,24?/m0/s1. The molecule has 4 bridgehead atoms. The summed E-state index contributed by atoms with van der Waals surface area (Å²) < 4.78 is 0. The van der Waals surface area contributed by atoms with Gasteiger partial charge in [-0.25, -0.2) is 0 Å². The number of hydrogen-bond donors (Lipinski definition) is 1. The molecule has 152 valence electrons. The first-order valence-electron chi connectivity index (χ1n) is 11.0. The Bertz CT molecular complexity index is 780. The fourth-order valence-electron chi connectivity index (χ4n) is 7.56. The average Bonchev–Trinajstić information content (AvgIpc) is 3.06. The highest BCUT2D eigenvalue weighted by Gasteiger charge is 2.69. The third kappa shape index (κ3) is 2.55. The van der Waals surface area contributed by atoms with E-state index in [1.54, 1.807) is 0 Å². The van der Waals surface area contributed by atoms with Gasteiger partial charge in [-0.2, -0.15) is 0 Å². The number of piperidine rings is 1. The van der Waals surface area contributed by atoms with Gasteiger partial charge in [0.15, 0.2) is 0 Å². The molecule has 0 spiro atoms. The van der Waals surface area contributed by atoms with Crippen molar-refractivity contribution in [3.05, 3.63) is 35.9 Å². The lowest BCUT2D eigenvalue weighted by Gasteiger charge is -2.46. The molecule has 1 aliphatic heterocycles. The molecule has 6 atom stereocenters. The SMILES string of the molecule is CC1(C)CN(C(=O)C2C3CC4(c5ccccc5)CC2C(CCl)(C3)C4)CC[C@@H]1N. The number of hydrogen-bond acceptors (Lipinski definition) is 2. The van der Waals surface area contributed by atoms with Crippen molar-refractivity contribution in [2.24, 2.45) is 34.3 Å². The van der Waals surface area contributed by atoms with E-state index in [0.29, 0.717) is 23.6 Å². The molecule has 5 aliphatic rings. The molecule has 1 aromatic rings. The first kappa shape index (κ1) is 18.9. The molecule has 1 heterocycles. The molecule has 1 saturated heterocycles. The van der Waals surface area contributed by atoms with Crippen LogP contribution in [0.1, 0.15) is 51.5 Å². The molecule has 5 unspecified atom stereocenters. The van der Waals surface area contributed by atoms with Crippen molar-refractivity contribution >= 4 is 17.5 Å². The van der Waals surface area contributed by atoms with Crippen molar-refractivity contribution in [1.82, 2.24) is 4.90 Å². The van der Waals surface area contributed by atoms with Crippen molar-refractivity contribution < 1.29 is 4.79 Å². The normalized spacial score (nSPS) is 43.5. The highest BCUT2D eigenvalue weighted by Crippen LogP contribution is 2.73. The maximum absolute atomic E-state index is 13.7. The monoisotopic (exact) mass is 400 g/mol. The molecular weight excluding hydrogens is 368 g/mol. The number of benzene rings is 1. The first-order chi connectivity index (χ1) is 13.3. The van der Waals surface area contributed by atoms with Crippen LogP contribution in [0, 0.1) is 28.6 Å². The summed E-state index contributed by atoms with van der Waals surface area (Å²) in [6.07, 6.45) is 5.50. The van der Waals surface area contributed by atoms with E-state index in [1.807, 2.05) is 0 Å². The predicted octanol–water partition coefficient (Wildman–Crippen LogP) is 4.19. The Morgan fingerprint density at radius 2 is 1.96 bits per heavy atom. The average molecular weight is 401 g/mol. The second kappa shape index (κ2) is 6.22. The van der Waals surface area contributed by atoms with E-state index in [9.17, 15) is 4.79 Å². The Morgan fingerprint density at radius 1 is 1.21 bits per heavy atom. The molecule has 3 nitrogen and oxygen atoms in total. The number of amides is 1. The Balaban J connectivity index is 1.43. The summed E-state index contributed by atoms with van der Waals surface area (Å²) in [5, 5.41) is 0. The maximum Gasteiger partial charge on any atom is 0.226 e. The van der Waals surface area contributed by atoms with Gasteiger partial charge in [-0.1, -0.05) is 44.2 Å². The van der Waals surface area contributed by atoms with Crippen molar-refractivity contribution in [1.29, 1.82) is 0 Å². The van der Waals surface area contributed by atoms with Gasteiger partial charge in [0, 0.05) is 30.9 Å². The van der Waals surface area contributed by atoms with Crippen LogP contribution in [0.2, 0.25) is 0 Å². The molecule has 1 aromatic carbocycles. The fourth-order valence-corrected chi connectivity index (χ4v) is 7.96. The highest BCUT2D eigenvalue weighted by molar-refractivity contribution is 6.18. The van der Waals surface area contributed by atoms with Crippen molar-refractivity contribution in [2.75, 3.05) is 19.0 Å². The van der Waals surface area contributed by atoms with Gasteiger partial charge in [0.25, 0.3) is 0 Å². The van der Waals surface area contributed by atoms with E-state index < -0.39 is 0 Å². The van der Waals surface area contributed by atoms with Crippen LogP contribution >= 0.6 is 11.6 Å². The van der Waals surface area contributed by atoms with Crippen LogP contribution in [0.25, 0.3) is 0 Å². The lowest BCUT2D eigenvalue weighted by Crippen LogP contribution is -2.56. The van der Waals surface area contributed by atoms with Gasteiger partial charge in [0.1, 0.15) is 0 Å². The van der Waals surface area contributed by atoms with Crippen LogP contribution in [0.4, 0.5) is 0 Å². The minimum atomic E-state index is -0.000820. The minimum absolute atomic E-state index is 0.000820. The van der Waals surface area contributed by atoms with Gasteiger partial charge in [-0.3, -0.25) is 4.79 Å². The summed E-state index contributed by atoms with van der Waals surface area (Å²) in [5.74, 6) is 2.18. The first-order valence-corrected chi connectivity index (χ1v) is 11.5. The highest BCUT2D eigenvalue weighted by atomic mass is 35.5. The van der Waals surface area contributed by atoms with Crippen molar-refractivity contribution in [2.45, 2.75) is 57.4 Å². The molecule has 4 heteroatoms. The second-order valence-electron chi connectivity index (χ2n) is 11.0. The van der Waals surface area contributed by atoms with Gasteiger partial charge < -0.3 is 10.6 Å². The van der Waals surface area contributed by atoms with Crippen LogP contribution in [0.5, 0.6) is 0 Å². The molecule has 28 heavy (non-hydrogen) atoms. The zero-order valence-corrected chi connectivity index (χ0v) is 17.9. The predicted molar refractivity (Wildman–Crippen MR) is 113 cm³/mol. The number of likely N-dealkylation sites (tertiary alicyclic amines) is 1. The van der Waals surface area contributed by atoms with E-state index in [0.717, 1.165) is 45.2 Å². The molecule has 1 amide bonds. The van der Waals surface area contributed by atoms with Gasteiger partial charge in [0.05, 0.1) is 0 Å². The van der Waals surface area contributed by atoms with Gasteiger partial charge >= 0.3 is 0 Å². The van der Waals surface area contributed by atoms with E-state index in [2.05, 4.69) is 49.1 Å². The smallest absolute Gasteiger partial charge is 0.226 e. The zero-order valence-electron chi connectivity index (χ0n) is 17.2. The third-order valence-electron chi connectivity index (χ3n) is 8.91. The lowest BCUT2D eigenvalue weighted by atomic mass is 9.62. The fraction of sp³-hybridized carbons (Fsp3) is 0.708. The van der Waals surface area contributed by atoms with Crippen LogP contribution < -0.4 is 5.73 Å². The summed E-state index contributed by atoms with van der Waals surface area (Å²) in [4.78, 5) is 15.9. The summed E-state index contributed by atoms with van der Waals surface area (Å²) >= 11 is 6.61. The molecular formula is C24H33ClN2O. The van der Waals surface area contributed by atoms with E-state index in [-0.39, 0.29) is 28.2 Å². The minimum Gasteiger partial charge on any atom is -0.342 e. The Hall–Kier alpha value is -1.06. The molecule has 5 fully saturated rings. The number of halogens is 1. The number of nitrogens with zero attached hydrogens (tertiary/aromatic N) is 1. The summed E-state index contributed by atoms with van der Waals surface area (Å²) in [5.41, 5.74) is 8.18. The number of carbonyl (C=O) groups excluding carboxylic acids is 1. The van der Waals surface area contributed by atoms with Crippen LogP contribution in [0.3, 0.4) is 0 Å². The van der Waals surface area contributed by atoms with Gasteiger partial charge in [-0.05, 0) is 65.7 Å². The number of alkyl halides is 1. The van der Waals surface area contributed by atoms with Crippen LogP contribution in [0.15, 0.2) is 30.3 Å². The maximum atomic E-state index is 13.7. The van der Waals surface area contributed by atoms with E-state index in [1.165, 1.54) is 5.56 Å². The Morgan fingerprint density at radius 3 is 2.64 bits per heavy atom. The molecule has 2 N–H and O–H groups in total. The number of carbonyl (C=O) groups is 1. The van der Waals surface area contributed by atoms with Gasteiger partial charge in [-0.15, -0.1) is 11.6 Å². The third-order valence-corrected chi connectivity index (χ3v) is 9.44. The largest absolute Gasteiger partial charge is 0.342 e. The Labute approximate surface area is 174 Å². The van der Waals surface area contributed by atoms with Crippen LogP contribution in [-0.4, -0.2) is 35.8 Å². The summed E-state index contributed by atoms with van der Waals surface area (Å²) in [6.45, 7) is 6.01. The molecule has 4 aliphatic carbocycles. The van der Waals surface area contributed by atoms with Crippen molar-refractivity contribution in [3.8, 4) is 0 Å². The number of nitrogens with two attached hydrogens (primary N) is 1. The zero-order chi connectivity index (χ0) is 19.7. The quantitative estimate of drug-likeness (QED) is 0.773. The van der Waals surface area contributed by atoms with E-state index >= 15 is 0 Å². The lowest BCUT2D eigenvalue weighted by molar-refractivity contribution is -0.143.